The summed E-state index contributed by atoms with van der Waals surface area (Å²) in [7, 11) is 0. The average molecular weight is 235 g/mol. The first-order valence-electron chi connectivity index (χ1n) is 4.09. The van der Waals surface area contributed by atoms with Crippen molar-refractivity contribution < 1.29 is 0 Å². The summed E-state index contributed by atoms with van der Waals surface area (Å²) in [6.45, 7) is 4.25. The van der Waals surface area contributed by atoms with Crippen molar-refractivity contribution in [3.8, 4) is 0 Å². The molecule has 0 saturated carbocycles. The van der Waals surface area contributed by atoms with Gasteiger partial charge in [0, 0.05) is 4.90 Å². The molecular formula is C10H12Cl2S. The van der Waals surface area contributed by atoms with Crippen molar-refractivity contribution in [2.45, 2.75) is 24.7 Å². The Bertz CT molecular complexity index is 308. The molecule has 0 aliphatic rings. The molecule has 0 aliphatic heterocycles. The van der Waals surface area contributed by atoms with E-state index in [-0.39, 0.29) is 0 Å². The van der Waals surface area contributed by atoms with E-state index in [1.165, 1.54) is 0 Å². The number of halogens is 2. The summed E-state index contributed by atoms with van der Waals surface area (Å²) in [5, 5.41) is 1.54. The molecule has 0 unspecified atom stereocenters. The summed E-state index contributed by atoms with van der Waals surface area (Å²) in [6.07, 6.45) is 1.98. The minimum Gasteiger partial charge on any atom is -0.127 e. The van der Waals surface area contributed by atoms with Gasteiger partial charge in [0.25, 0.3) is 0 Å². The van der Waals surface area contributed by atoms with Gasteiger partial charge < -0.3 is 0 Å². The van der Waals surface area contributed by atoms with Crippen LogP contribution < -0.4 is 0 Å². The minimum atomic E-state index is 0.440. The van der Waals surface area contributed by atoms with Crippen LogP contribution in [0.3, 0.4) is 0 Å². The van der Waals surface area contributed by atoms with Crippen LogP contribution in [0.25, 0.3) is 0 Å². The van der Waals surface area contributed by atoms with E-state index in [9.17, 15) is 0 Å². The van der Waals surface area contributed by atoms with Crippen LogP contribution in [0.15, 0.2) is 17.0 Å². The van der Waals surface area contributed by atoms with Crippen LogP contribution in [-0.4, -0.2) is 6.26 Å². The third-order valence-corrected chi connectivity index (χ3v) is 3.68. The van der Waals surface area contributed by atoms with Gasteiger partial charge in [-0.2, -0.15) is 0 Å². The SMILES string of the molecule is CSc1c(Cl)ccc(C(C)C)c1Cl. The average Bonchev–Trinajstić information content (AvgIpc) is 2.04. The van der Waals surface area contributed by atoms with Gasteiger partial charge in [-0.05, 0) is 23.8 Å². The second-order valence-corrected chi connectivity index (χ2v) is 4.74. The van der Waals surface area contributed by atoms with Gasteiger partial charge in [0.05, 0.1) is 10.0 Å². The zero-order chi connectivity index (χ0) is 10.0. The van der Waals surface area contributed by atoms with Gasteiger partial charge >= 0.3 is 0 Å². The molecule has 0 spiro atoms. The Balaban J connectivity index is 3.27. The normalized spacial score (nSPS) is 10.9. The maximum absolute atomic E-state index is 6.20. The molecule has 3 heteroatoms. The lowest BCUT2D eigenvalue weighted by atomic mass is 10.0. The first-order valence-corrected chi connectivity index (χ1v) is 6.08. The highest BCUT2D eigenvalue weighted by molar-refractivity contribution is 7.98. The summed E-state index contributed by atoms with van der Waals surface area (Å²) < 4.78 is 0. The number of thioether (sulfide) groups is 1. The van der Waals surface area contributed by atoms with Crippen LogP contribution in [0.1, 0.15) is 25.3 Å². The lowest BCUT2D eigenvalue weighted by Gasteiger charge is -2.12. The van der Waals surface area contributed by atoms with E-state index in [1.54, 1.807) is 11.8 Å². The van der Waals surface area contributed by atoms with Crippen molar-refractivity contribution in [3.05, 3.63) is 27.7 Å². The Morgan fingerprint density at radius 2 is 1.85 bits per heavy atom. The maximum Gasteiger partial charge on any atom is 0.0591 e. The van der Waals surface area contributed by atoms with Crippen molar-refractivity contribution in [1.82, 2.24) is 0 Å². The molecule has 0 aromatic heterocycles. The largest absolute Gasteiger partial charge is 0.127 e. The molecule has 72 valence electrons. The van der Waals surface area contributed by atoms with E-state index in [1.807, 2.05) is 18.4 Å². The molecule has 0 atom stereocenters. The fraction of sp³-hybridized carbons (Fsp3) is 0.400. The third-order valence-electron chi connectivity index (χ3n) is 1.91. The maximum atomic E-state index is 6.20. The Hall–Kier alpha value is 0.150. The molecule has 0 aliphatic carbocycles. The zero-order valence-corrected chi connectivity index (χ0v) is 10.2. The summed E-state index contributed by atoms with van der Waals surface area (Å²) >= 11 is 13.8. The lowest BCUT2D eigenvalue weighted by molar-refractivity contribution is 0.863. The molecule has 1 aromatic rings. The molecule has 13 heavy (non-hydrogen) atoms. The van der Waals surface area contributed by atoms with Gasteiger partial charge in [0.15, 0.2) is 0 Å². The second kappa shape index (κ2) is 4.59. The van der Waals surface area contributed by atoms with E-state index in [0.29, 0.717) is 5.92 Å². The predicted molar refractivity (Wildman–Crippen MR) is 62.3 cm³/mol. The van der Waals surface area contributed by atoms with E-state index in [0.717, 1.165) is 20.5 Å². The summed E-state index contributed by atoms with van der Waals surface area (Å²) in [5.41, 5.74) is 1.16. The molecule has 1 aromatic carbocycles. The first kappa shape index (κ1) is 11.2. The zero-order valence-electron chi connectivity index (χ0n) is 7.90. The molecule has 0 fully saturated rings. The molecule has 0 amide bonds. The van der Waals surface area contributed by atoms with Crippen LogP contribution in [0, 0.1) is 0 Å². The highest BCUT2D eigenvalue weighted by atomic mass is 35.5. The molecular weight excluding hydrogens is 223 g/mol. The van der Waals surface area contributed by atoms with Crippen LogP contribution in [0.5, 0.6) is 0 Å². The highest BCUT2D eigenvalue weighted by Gasteiger charge is 2.11. The molecule has 0 heterocycles. The van der Waals surface area contributed by atoms with Gasteiger partial charge in [-0.3, -0.25) is 0 Å². The standard InChI is InChI=1S/C10H12Cl2S/c1-6(2)7-4-5-8(11)10(13-3)9(7)12/h4-6H,1-3H3. The molecule has 1 rings (SSSR count). The fourth-order valence-electron chi connectivity index (χ4n) is 1.18. The smallest absolute Gasteiger partial charge is 0.0591 e. The van der Waals surface area contributed by atoms with Crippen LogP contribution in [0.2, 0.25) is 10.0 Å². The van der Waals surface area contributed by atoms with Crippen LogP contribution in [-0.2, 0) is 0 Å². The van der Waals surface area contributed by atoms with Crippen molar-refractivity contribution >= 4 is 35.0 Å². The molecule has 0 nitrogen and oxygen atoms in total. The van der Waals surface area contributed by atoms with Gasteiger partial charge in [-0.1, -0.05) is 43.1 Å². The number of hydrogen-bond acceptors (Lipinski definition) is 1. The van der Waals surface area contributed by atoms with Gasteiger partial charge in [0.1, 0.15) is 0 Å². The number of hydrogen-bond donors (Lipinski definition) is 0. The Labute approximate surface area is 93.6 Å². The Morgan fingerprint density at radius 1 is 1.23 bits per heavy atom. The predicted octanol–water partition coefficient (Wildman–Crippen LogP) is 4.84. The summed E-state index contributed by atoms with van der Waals surface area (Å²) in [5.74, 6) is 0.440. The summed E-state index contributed by atoms with van der Waals surface area (Å²) in [6, 6.07) is 3.91. The van der Waals surface area contributed by atoms with Crippen molar-refractivity contribution in [2.75, 3.05) is 6.26 Å². The quantitative estimate of drug-likeness (QED) is 0.661. The van der Waals surface area contributed by atoms with Crippen molar-refractivity contribution in [1.29, 1.82) is 0 Å². The van der Waals surface area contributed by atoms with Crippen molar-refractivity contribution in [2.24, 2.45) is 0 Å². The lowest BCUT2D eigenvalue weighted by Crippen LogP contribution is -1.90. The Morgan fingerprint density at radius 3 is 2.31 bits per heavy atom. The molecule has 0 saturated heterocycles. The van der Waals surface area contributed by atoms with Crippen molar-refractivity contribution in [3.63, 3.8) is 0 Å². The monoisotopic (exact) mass is 234 g/mol. The summed E-state index contributed by atoms with van der Waals surface area (Å²) in [4.78, 5) is 0.981. The Kier molecular flexibility index (Phi) is 3.96. The minimum absolute atomic E-state index is 0.440. The van der Waals surface area contributed by atoms with E-state index in [2.05, 4.69) is 13.8 Å². The highest BCUT2D eigenvalue weighted by Crippen LogP contribution is 2.37. The van der Waals surface area contributed by atoms with Gasteiger partial charge in [0.2, 0.25) is 0 Å². The number of benzene rings is 1. The first-order chi connectivity index (χ1) is 6.07. The third kappa shape index (κ3) is 2.34. The van der Waals surface area contributed by atoms with E-state index < -0.39 is 0 Å². The van der Waals surface area contributed by atoms with E-state index >= 15 is 0 Å². The van der Waals surface area contributed by atoms with E-state index in [4.69, 9.17) is 23.2 Å². The number of rotatable bonds is 2. The molecule has 0 bridgehead atoms. The van der Waals surface area contributed by atoms with Gasteiger partial charge in [-0.25, -0.2) is 0 Å². The van der Waals surface area contributed by atoms with Crippen LogP contribution in [0.4, 0.5) is 0 Å². The topological polar surface area (TPSA) is 0 Å². The fourth-order valence-corrected chi connectivity index (χ4v) is 2.79. The molecule has 0 N–H and O–H groups in total. The van der Waals surface area contributed by atoms with Crippen LogP contribution >= 0.6 is 35.0 Å². The second-order valence-electron chi connectivity index (χ2n) is 3.14. The van der Waals surface area contributed by atoms with Gasteiger partial charge in [-0.15, -0.1) is 11.8 Å². The molecule has 0 radical (unpaired) electrons.